The van der Waals surface area contributed by atoms with Gasteiger partial charge in [-0.05, 0) is 49.7 Å². The van der Waals surface area contributed by atoms with Crippen molar-refractivity contribution in [3.05, 3.63) is 53.9 Å². The Balaban J connectivity index is 1.80. The van der Waals surface area contributed by atoms with Gasteiger partial charge in [0, 0.05) is 11.4 Å². The van der Waals surface area contributed by atoms with Crippen molar-refractivity contribution in [3.8, 4) is 5.75 Å². The molecule has 0 aliphatic carbocycles. The third-order valence-electron chi connectivity index (χ3n) is 3.39. The van der Waals surface area contributed by atoms with Crippen LogP contribution >= 0.6 is 0 Å². The molecular weight excluding hydrogens is 320 g/mol. The van der Waals surface area contributed by atoms with E-state index in [1.807, 2.05) is 19.9 Å². The number of amides is 1. The summed E-state index contributed by atoms with van der Waals surface area (Å²) in [5, 5.41) is 2.71. The molecule has 0 fully saturated rings. The summed E-state index contributed by atoms with van der Waals surface area (Å²) in [4.78, 5) is 27.8. The lowest BCUT2D eigenvalue weighted by Gasteiger charge is -2.08. The van der Waals surface area contributed by atoms with Gasteiger partial charge in [0.25, 0.3) is 5.91 Å². The van der Waals surface area contributed by atoms with Crippen molar-refractivity contribution in [1.82, 2.24) is 4.98 Å². The summed E-state index contributed by atoms with van der Waals surface area (Å²) < 4.78 is 10.5. The molecule has 0 bridgehead atoms. The number of hydrogen-bond acceptors (Lipinski definition) is 5. The van der Waals surface area contributed by atoms with Gasteiger partial charge in [-0.1, -0.05) is 13.3 Å². The normalized spacial score (nSPS) is 10.2. The smallest absolute Gasteiger partial charge is 0.338 e. The fourth-order valence-corrected chi connectivity index (χ4v) is 1.97. The lowest BCUT2D eigenvalue weighted by Crippen LogP contribution is -2.20. The van der Waals surface area contributed by atoms with E-state index in [9.17, 15) is 9.59 Å². The van der Waals surface area contributed by atoms with Crippen molar-refractivity contribution >= 4 is 17.6 Å². The summed E-state index contributed by atoms with van der Waals surface area (Å²) >= 11 is 0. The monoisotopic (exact) mass is 342 g/mol. The van der Waals surface area contributed by atoms with E-state index in [1.54, 1.807) is 36.5 Å². The molecule has 1 aromatic carbocycles. The van der Waals surface area contributed by atoms with Crippen LogP contribution in [0.25, 0.3) is 0 Å². The van der Waals surface area contributed by atoms with Crippen LogP contribution < -0.4 is 10.1 Å². The van der Waals surface area contributed by atoms with Gasteiger partial charge in [-0.2, -0.15) is 0 Å². The zero-order valence-electron chi connectivity index (χ0n) is 14.5. The molecule has 0 aliphatic rings. The highest BCUT2D eigenvalue weighted by Gasteiger charge is 2.08. The summed E-state index contributed by atoms with van der Waals surface area (Å²) in [7, 11) is 0. The van der Waals surface area contributed by atoms with E-state index in [4.69, 9.17) is 9.47 Å². The zero-order valence-corrected chi connectivity index (χ0v) is 14.5. The van der Waals surface area contributed by atoms with E-state index >= 15 is 0 Å². The van der Waals surface area contributed by atoms with Crippen LogP contribution in [0.4, 0.5) is 5.69 Å². The van der Waals surface area contributed by atoms with Gasteiger partial charge in [-0.15, -0.1) is 0 Å². The molecule has 2 rings (SSSR count). The van der Waals surface area contributed by atoms with E-state index in [2.05, 4.69) is 10.3 Å². The van der Waals surface area contributed by atoms with Crippen molar-refractivity contribution in [3.63, 3.8) is 0 Å². The molecule has 6 heteroatoms. The number of unbranched alkanes of at least 4 members (excludes halogenated alkanes) is 1. The van der Waals surface area contributed by atoms with Gasteiger partial charge in [0.1, 0.15) is 5.75 Å². The minimum atomic E-state index is -0.360. The van der Waals surface area contributed by atoms with Gasteiger partial charge in [-0.25, -0.2) is 4.79 Å². The number of carbonyl (C=O) groups is 2. The molecule has 1 aromatic heterocycles. The van der Waals surface area contributed by atoms with Crippen molar-refractivity contribution < 1.29 is 19.1 Å². The number of nitrogens with one attached hydrogen (secondary N) is 1. The number of aryl methyl sites for hydroxylation is 1. The van der Waals surface area contributed by atoms with Crippen LogP contribution in [-0.4, -0.2) is 30.1 Å². The molecule has 0 aliphatic heterocycles. The topological polar surface area (TPSA) is 77.5 Å². The SMILES string of the molecule is CCCCOC(=O)c1ccc(NC(=O)COc2ccc(C)nc2)cc1. The Bertz CT molecular complexity index is 696. The molecule has 1 heterocycles. The van der Waals surface area contributed by atoms with Gasteiger partial charge >= 0.3 is 5.97 Å². The number of rotatable bonds is 8. The standard InChI is InChI=1S/C19H22N2O4/c1-3-4-11-24-19(23)15-6-8-16(9-7-15)21-18(22)13-25-17-10-5-14(2)20-12-17/h5-10,12H,3-4,11,13H2,1-2H3,(H,21,22). The molecule has 0 radical (unpaired) electrons. The number of aromatic nitrogens is 1. The first kappa shape index (κ1) is 18.4. The van der Waals surface area contributed by atoms with E-state index < -0.39 is 0 Å². The molecule has 6 nitrogen and oxygen atoms in total. The number of pyridine rings is 1. The first-order valence-corrected chi connectivity index (χ1v) is 8.21. The molecule has 0 saturated carbocycles. The Labute approximate surface area is 147 Å². The maximum Gasteiger partial charge on any atom is 0.338 e. The van der Waals surface area contributed by atoms with Crippen molar-refractivity contribution in [1.29, 1.82) is 0 Å². The Kier molecular flexibility index (Phi) is 6.95. The fraction of sp³-hybridized carbons (Fsp3) is 0.316. The Morgan fingerprint density at radius 3 is 2.52 bits per heavy atom. The van der Waals surface area contributed by atoms with Crippen molar-refractivity contribution in [2.24, 2.45) is 0 Å². The van der Waals surface area contributed by atoms with Crippen molar-refractivity contribution in [2.45, 2.75) is 26.7 Å². The number of benzene rings is 1. The Hall–Kier alpha value is -2.89. The quantitative estimate of drug-likeness (QED) is 0.588. The minimum absolute atomic E-state index is 0.119. The molecule has 132 valence electrons. The predicted molar refractivity (Wildman–Crippen MR) is 94.7 cm³/mol. The summed E-state index contributed by atoms with van der Waals surface area (Å²) in [6.07, 6.45) is 3.39. The number of hydrogen-bond donors (Lipinski definition) is 1. The summed E-state index contributed by atoms with van der Waals surface area (Å²) in [5.74, 6) is -0.119. The number of esters is 1. The average molecular weight is 342 g/mol. The molecular formula is C19H22N2O4. The van der Waals surface area contributed by atoms with Crippen LogP contribution in [0, 0.1) is 6.92 Å². The third kappa shape index (κ3) is 6.25. The van der Waals surface area contributed by atoms with E-state index in [0.717, 1.165) is 18.5 Å². The second-order valence-electron chi connectivity index (χ2n) is 5.54. The molecule has 1 amide bonds. The maximum absolute atomic E-state index is 11.9. The molecule has 1 N–H and O–H groups in total. The molecule has 0 atom stereocenters. The van der Waals surface area contributed by atoms with Crippen LogP contribution in [-0.2, 0) is 9.53 Å². The number of nitrogens with zero attached hydrogens (tertiary/aromatic N) is 1. The lowest BCUT2D eigenvalue weighted by molar-refractivity contribution is -0.118. The van der Waals surface area contributed by atoms with Gasteiger partial charge in [0.05, 0.1) is 18.4 Å². The highest BCUT2D eigenvalue weighted by molar-refractivity contribution is 5.93. The third-order valence-corrected chi connectivity index (χ3v) is 3.39. The summed E-state index contributed by atoms with van der Waals surface area (Å²) in [6.45, 7) is 4.20. The van der Waals surface area contributed by atoms with Crippen LogP contribution in [0.1, 0.15) is 35.8 Å². The first-order valence-electron chi connectivity index (χ1n) is 8.21. The van der Waals surface area contributed by atoms with E-state index in [0.29, 0.717) is 23.6 Å². The Morgan fingerprint density at radius 2 is 1.88 bits per heavy atom. The van der Waals surface area contributed by atoms with E-state index in [-0.39, 0.29) is 18.5 Å². The highest BCUT2D eigenvalue weighted by atomic mass is 16.5. The second kappa shape index (κ2) is 9.42. The number of carbonyl (C=O) groups excluding carboxylic acids is 2. The van der Waals surface area contributed by atoms with E-state index in [1.165, 1.54) is 0 Å². The van der Waals surface area contributed by atoms with Crippen LogP contribution in [0.2, 0.25) is 0 Å². The molecule has 0 spiro atoms. The lowest BCUT2D eigenvalue weighted by atomic mass is 10.2. The van der Waals surface area contributed by atoms with Crippen LogP contribution in [0.5, 0.6) is 5.75 Å². The van der Waals surface area contributed by atoms with Gasteiger partial charge in [0.2, 0.25) is 0 Å². The molecule has 0 unspecified atom stereocenters. The summed E-state index contributed by atoms with van der Waals surface area (Å²) in [5.41, 5.74) is 1.92. The molecule has 0 saturated heterocycles. The Morgan fingerprint density at radius 1 is 1.12 bits per heavy atom. The van der Waals surface area contributed by atoms with Gasteiger partial charge < -0.3 is 14.8 Å². The van der Waals surface area contributed by atoms with Crippen LogP contribution in [0.15, 0.2) is 42.6 Å². The van der Waals surface area contributed by atoms with Gasteiger partial charge in [0.15, 0.2) is 6.61 Å². The molecule has 25 heavy (non-hydrogen) atoms. The van der Waals surface area contributed by atoms with Crippen LogP contribution in [0.3, 0.4) is 0 Å². The largest absolute Gasteiger partial charge is 0.482 e. The predicted octanol–water partition coefficient (Wildman–Crippen LogP) is 3.36. The fourth-order valence-electron chi connectivity index (χ4n) is 1.97. The minimum Gasteiger partial charge on any atom is -0.482 e. The zero-order chi connectivity index (χ0) is 18.1. The van der Waals surface area contributed by atoms with Crippen molar-refractivity contribution in [2.75, 3.05) is 18.5 Å². The number of ether oxygens (including phenoxy) is 2. The summed E-state index contributed by atoms with van der Waals surface area (Å²) in [6, 6.07) is 10.1. The second-order valence-corrected chi connectivity index (χ2v) is 5.54. The first-order chi connectivity index (χ1) is 12.1. The maximum atomic E-state index is 11.9. The molecule has 2 aromatic rings. The average Bonchev–Trinajstić information content (AvgIpc) is 2.62. The van der Waals surface area contributed by atoms with Gasteiger partial charge in [-0.3, -0.25) is 9.78 Å². The highest BCUT2D eigenvalue weighted by Crippen LogP contribution is 2.12. The number of anilines is 1.